The minimum atomic E-state index is 0.0524. The van der Waals surface area contributed by atoms with Crippen LogP contribution in [0.1, 0.15) is 43.5 Å². The maximum Gasteiger partial charge on any atom is 0.224 e. The second-order valence-corrected chi connectivity index (χ2v) is 5.79. The lowest BCUT2D eigenvalue weighted by atomic mass is 10.1. The molecular weight excluding hydrogens is 288 g/mol. The van der Waals surface area contributed by atoms with Crippen LogP contribution in [0.2, 0.25) is 0 Å². The summed E-state index contributed by atoms with van der Waals surface area (Å²) >= 11 is 0. The summed E-state index contributed by atoms with van der Waals surface area (Å²) in [4.78, 5) is 12.1. The highest BCUT2D eigenvalue weighted by atomic mass is 16.1. The van der Waals surface area contributed by atoms with Crippen LogP contribution in [0.4, 0.5) is 5.69 Å². The number of aromatic nitrogens is 2. The number of nitrogens with two attached hydrogens (primary N) is 1. The highest BCUT2D eigenvalue weighted by molar-refractivity contribution is 5.91. The first kappa shape index (κ1) is 17.2. The molecule has 23 heavy (non-hydrogen) atoms. The van der Waals surface area contributed by atoms with Crippen molar-refractivity contribution in [3.63, 3.8) is 0 Å². The molecule has 0 unspecified atom stereocenters. The van der Waals surface area contributed by atoms with Crippen LogP contribution in [-0.4, -0.2) is 22.2 Å². The highest BCUT2D eigenvalue weighted by Crippen LogP contribution is 2.23. The topological polar surface area (TPSA) is 72.9 Å². The molecule has 1 amide bonds. The van der Waals surface area contributed by atoms with Gasteiger partial charge in [-0.15, -0.1) is 0 Å². The Balaban J connectivity index is 1.98. The van der Waals surface area contributed by atoms with Crippen LogP contribution in [0.3, 0.4) is 0 Å². The molecule has 0 aliphatic heterocycles. The van der Waals surface area contributed by atoms with Crippen LogP contribution in [0.25, 0.3) is 5.69 Å². The highest BCUT2D eigenvalue weighted by Gasteiger charge is 2.14. The van der Waals surface area contributed by atoms with Crippen molar-refractivity contribution in [1.82, 2.24) is 9.78 Å². The first-order chi connectivity index (χ1) is 11.1. The van der Waals surface area contributed by atoms with E-state index >= 15 is 0 Å². The first-order valence-electron chi connectivity index (χ1n) is 8.25. The van der Waals surface area contributed by atoms with Crippen LogP contribution in [-0.2, 0) is 4.79 Å². The van der Waals surface area contributed by atoms with Crippen LogP contribution >= 0.6 is 0 Å². The number of nitrogens with zero attached hydrogens (tertiary/aromatic N) is 2. The lowest BCUT2D eigenvalue weighted by Gasteiger charge is -2.07. The summed E-state index contributed by atoms with van der Waals surface area (Å²) in [6.07, 6.45) is 4.61. The van der Waals surface area contributed by atoms with Gasteiger partial charge in [0.2, 0.25) is 5.91 Å². The molecule has 0 saturated carbocycles. The SMILES string of the molecule is Cc1nn(-c2ccccc2)c(C)c1NC(=O)CCCCCCN. The molecule has 5 heteroatoms. The normalized spacial score (nSPS) is 10.7. The number of rotatable bonds is 8. The Labute approximate surface area is 137 Å². The minimum absolute atomic E-state index is 0.0524. The number of amides is 1. The maximum absolute atomic E-state index is 12.1. The van der Waals surface area contributed by atoms with Gasteiger partial charge in [-0.25, -0.2) is 4.68 Å². The molecule has 0 spiro atoms. The minimum Gasteiger partial charge on any atom is -0.330 e. The summed E-state index contributed by atoms with van der Waals surface area (Å²) in [6.45, 7) is 4.62. The Morgan fingerprint density at radius 1 is 1.13 bits per heavy atom. The van der Waals surface area contributed by atoms with E-state index in [0.717, 1.165) is 55.0 Å². The fourth-order valence-corrected chi connectivity index (χ4v) is 2.63. The second kappa shape index (κ2) is 8.48. The monoisotopic (exact) mass is 314 g/mol. The van der Waals surface area contributed by atoms with Crippen molar-refractivity contribution in [2.24, 2.45) is 5.73 Å². The predicted molar refractivity (Wildman–Crippen MR) is 93.8 cm³/mol. The van der Waals surface area contributed by atoms with Crippen LogP contribution < -0.4 is 11.1 Å². The van der Waals surface area contributed by atoms with E-state index in [1.165, 1.54) is 0 Å². The van der Waals surface area contributed by atoms with E-state index in [1.54, 1.807) is 0 Å². The number of hydrogen-bond acceptors (Lipinski definition) is 3. The lowest BCUT2D eigenvalue weighted by Crippen LogP contribution is -2.12. The quantitative estimate of drug-likeness (QED) is 0.734. The summed E-state index contributed by atoms with van der Waals surface area (Å²) < 4.78 is 1.87. The van der Waals surface area contributed by atoms with Gasteiger partial charge >= 0.3 is 0 Å². The van der Waals surface area contributed by atoms with Crippen molar-refractivity contribution in [1.29, 1.82) is 0 Å². The van der Waals surface area contributed by atoms with E-state index in [0.29, 0.717) is 6.42 Å². The summed E-state index contributed by atoms with van der Waals surface area (Å²) in [7, 11) is 0. The Bertz CT molecular complexity index is 634. The number of nitrogens with one attached hydrogen (secondary N) is 1. The zero-order chi connectivity index (χ0) is 16.7. The molecule has 2 rings (SSSR count). The number of aryl methyl sites for hydroxylation is 1. The van der Waals surface area contributed by atoms with E-state index in [1.807, 2.05) is 48.9 Å². The molecule has 5 nitrogen and oxygen atoms in total. The number of hydrogen-bond donors (Lipinski definition) is 2. The number of carbonyl (C=O) groups is 1. The first-order valence-corrected chi connectivity index (χ1v) is 8.25. The average molecular weight is 314 g/mol. The molecule has 124 valence electrons. The number of benzene rings is 1. The van der Waals surface area contributed by atoms with Gasteiger partial charge in [0.05, 0.1) is 22.8 Å². The molecular formula is C18H26N4O. The van der Waals surface area contributed by atoms with Gasteiger partial charge in [0.1, 0.15) is 0 Å². The van der Waals surface area contributed by atoms with Crippen molar-refractivity contribution in [3.05, 3.63) is 41.7 Å². The number of para-hydroxylation sites is 1. The zero-order valence-corrected chi connectivity index (χ0v) is 14.0. The largest absolute Gasteiger partial charge is 0.330 e. The second-order valence-electron chi connectivity index (χ2n) is 5.79. The number of anilines is 1. The summed E-state index contributed by atoms with van der Waals surface area (Å²) in [5.41, 5.74) is 9.07. The molecule has 0 radical (unpaired) electrons. The third kappa shape index (κ3) is 4.66. The van der Waals surface area contributed by atoms with Gasteiger partial charge in [0, 0.05) is 6.42 Å². The van der Waals surface area contributed by atoms with Crippen LogP contribution in [0, 0.1) is 13.8 Å². The van der Waals surface area contributed by atoms with Crippen molar-refractivity contribution in [2.45, 2.75) is 46.0 Å². The number of unbranched alkanes of at least 4 members (excludes halogenated alkanes) is 3. The summed E-state index contributed by atoms with van der Waals surface area (Å²) in [5, 5.41) is 7.55. The van der Waals surface area contributed by atoms with Crippen LogP contribution in [0.5, 0.6) is 0 Å². The molecule has 3 N–H and O–H groups in total. The molecule has 1 heterocycles. The van der Waals surface area contributed by atoms with Gasteiger partial charge in [0.25, 0.3) is 0 Å². The summed E-state index contributed by atoms with van der Waals surface area (Å²) in [6, 6.07) is 9.93. The van der Waals surface area contributed by atoms with Gasteiger partial charge in [0.15, 0.2) is 0 Å². The molecule has 1 aromatic carbocycles. The van der Waals surface area contributed by atoms with Gasteiger partial charge in [-0.2, -0.15) is 5.10 Å². The van der Waals surface area contributed by atoms with Crippen molar-refractivity contribution in [2.75, 3.05) is 11.9 Å². The Morgan fingerprint density at radius 3 is 2.52 bits per heavy atom. The van der Waals surface area contributed by atoms with E-state index in [9.17, 15) is 4.79 Å². The Kier molecular flexibility index (Phi) is 6.35. The molecule has 1 aromatic heterocycles. The fourth-order valence-electron chi connectivity index (χ4n) is 2.63. The Morgan fingerprint density at radius 2 is 1.83 bits per heavy atom. The van der Waals surface area contributed by atoms with E-state index in [-0.39, 0.29) is 5.91 Å². The van der Waals surface area contributed by atoms with Gasteiger partial charge in [-0.3, -0.25) is 4.79 Å². The molecule has 0 atom stereocenters. The van der Waals surface area contributed by atoms with Gasteiger partial charge in [-0.1, -0.05) is 31.0 Å². The van der Waals surface area contributed by atoms with Crippen molar-refractivity contribution >= 4 is 11.6 Å². The fraction of sp³-hybridized carbons (Fsp3) is 0.444. The van der Waals surface area contributed by atoms with Crippen molar-refractivity contribution in [3.8, 4) is 5.69 Å². The van der Waals surface area contributed by atoms with Crippen molar-refractivity contribution < 1.29 is 4.79 Å². The smallest absolute Gasteiger partial charge is 0.224 e. The lowest BCUT2D eigenvalue weighted by molar-refractivity contribution is -0.116. The standard InChI is InChI=1S/C18H26N4O/c1-14-18(20-17(23)12-8-3-4-9-13-19)15(2)22(21-14)16-10-6-5-7-11-16/h5-7,10-11H,3-4,8-9,12-13,19H2,1-2H3,(H,20,23). The number of carbonyl (C=O) groups excluding carboxylic acids is 1. The summed E-state index contributed by atoms with van der Waals surface area (Å²) in [5.74, 6) is 0.0524. The molecule has 0 aliphatic carbocycles. The molecule has 0 aliphatic rings. The van der Waals surface area contributed by atoms with Gasteiger partial charge in [-0.05, 0) is 45.4 Å². The maximum atomic E-state index is 12.1. The molecule has 0 fully saturated rings. The molecule has 0 saturated heterocycles. The Hall–Kier alpha value is -2.14. The third-order valence-electron chi connectivity index (χ3n) is 3.91. The third-order valence-corrected chi connectivity index (χ3v) is 3.91. The predicted octanol–water partition coefficient (Wildman–Crippen LogP) is 3.34. The molecule has 0 bridgehead atoms. The van der Waals surface area contributed by atoms with E-state index in [2.05, 4.69) is 10.4 Å². The average Bonchev–Trinajstić information content (AvgIpc) is 2.83. The van der Waals surface area contributed by atoms with Crippen LogP contribution in [0.15, 0.2) is 30.3 Å². The molecule has 2 aromatic rings. The zero-order valence-electron chi connectivity index (χ0n) is 14.0. The van der Waals surface area contributed by atoms with E-state index < -0.39 is 0 Å². The van der Waals surface area contributed by atoms with E-state index in [4.69, 9.17) is 5.73 Å². The van der Waals surface area contributed by atoms with Gasteiger partial charge < -0.3 is 11.1 Å².